The van der Waals surface area contributed by atoms with Gasteiger partial charge in [-0.05, 0) is 51.9 Å². The smallest absolute Gasteiger partial charge is 0.161 e. The summed E-state index contributed by atoms with van der Waals surface area (Å²) in [6.07, 6.45) is 0. The van der Waals surface area contributed by atoms with Gasteiger partial charge in [0.05, 0.1) is 19.6 Å². The van der Waals surface area contributed by atoms with E-state index in [4.69, 9.17) is 21.1 Å². The molecule has 0 saturated carbocycles. The minimum atomic E-state index is -0.201. The van der Waals surface area contributed by atoms with Gasteiger partial charge in [0.1, 0.15) is 0 Å². The summed E-state index contributed by atoms with van der Waals surface area (Å²) < 4.78 is 11.7. The quantitative estimate of drug-likeness (QED) is 0.561. The second-order valence-corrected chi connectivity index (χ2v) is 5.60. The van der Waals surface area contributed by atoms with E-state index in [9.17, 15) is 0 Å². The summed E-state index contributed by atoms with van der Waals surface area (Å²) in [4.78, 5) is 0. The molecule has 2 aromatic rings. The van der Waals surface area contributed by atoms with Crippen LogP contribution in [0.25, 0.3) is 0 Å². The summed E-state index contributed by atoms with van der Waals surface area (Å²) in [5.74, 6) is 1.40. The molecule has 2 aromatic carbocycles. The maximum Gasteiger partial charge on any atom is 0.161 e. The molecule has 0 saturated heterocycles. The van der Waals surface area contributed by atoms with Gasteiger partial charge in [0.25, 0.3) is 0 Å². The molecule has 4 heteroatoms. The van der Waals surface area contributed by atoms with Gasteiger partial charge in [-0.15, -0.1) is 11.6 Å². The molecule has 0 aromatic heterocycles. The number of benzene rings is 2. The molecule has 0 aliphatic carbocycles. The lowest BCUT2D eigenvalue weighted by Gasteiger charge is -2.15. The first-order valence-corrected chi connectivity index (χ1v) is 7.29. The van der Waals surface area contributed by atoms with E-state index in [-0.39, 0.29) is 5.38 Å². The largest absolute Gasteiger partial charge is 0.493 e. The van der Waals surface area contributed by atoms with Crippen molar-refractivity contribution < 1.29 is 9.47 Å². The van der Waals surface area contributed by atoms with Crippen molar-refractivity contribution in [3.05, 3.63) is 57.2 Å². The molecule has 0 aliphatic heterocycles. The number of rotatable bonds is 4. The fraction of sp³-hybridized carbons (Fsp3) is 0.200. The first kappa shape index (κ1) is 14.5. The Morgan fingerprint density at radius 1 is 1.00 bits per heavy atom. The van der Waals surface area contributed by atoms with E-state index in [1.54, 1.807) is 14.2 Å². The van der Waals surface area contributed by atoms with Crippen LogP contribution in [0.1, 0.15) is 16.5 Å². The normalized spacial score (nSPS) is 12.0. The van der Waals surface area contributed by atoms with Crippen LogP contribution < -0.4 is 9.47 Å². The molecule has 1 atom stereocenters. The topological polar surface area (TPSA) is 18.5 Å². The van der Waals surface area contributed by atoms with Crippen LogP contribution in [0.4, 0.5) is 0 Å². The molecule has 1 unspecified atom stereocenters. The average Bonchev–Trinajstić information content (AvgIpc) is 2.46. The minimum absolute atomic E-state index is 0.201. The Kier molecular flexibility index (Phi) is 4.93. The predicted octanol–water partition coefficient (Wildman–Crippen LogP) is 4.64. The van der Waals surface area contributed by atoms with Gasteiger partial charge in [-0.25, -0.2) is 0 Å². The molecule has 0 aliphatic rings. The molecule has 0 heterocycles. The van der Waals surface area contributed by atoms with Crippen LogP contribution >= 0.6 is 34.2 Å². The lowest BCUT2D eigenvalue weighted by atomic mass is 10.0. The molecule has 0 spiro atoms. The zero-order chi connectivity index (χ0) is 13.8. The second-order valence-electron chi connectivity index (χ2n) is 4.00. The first-order chi connectivity index (χ1) is 9.17. The van der Waals surface area contributed by atoms with Crippen LogP contribution in [0, 0.1) is 3.57 Å². The fourth-order valence-electron chi connectivity index (χ4n) is 1.87. The van der Waals surface area contributed by atoms with E-state index in [0.717, 1.165) is 14.7 Å². The highest BCUT2D eigenvalue weighted by Gasteiger charge is 2.15. The SMILES string of the molecule is COc1ccc(C(Cl)c2ccccc2I)cc1OC. The third kappa shape index (κ3) is 3.15. The van der Waals surface area contributed by atoms with E-state index < -0.39 is 0 Å². The van der Waals surface area contributed by atoms with Crippen molar-refractivity contribution in [1.29, 1.82) is 0 Å². The van der Waals surface area contributed by atoms with Gasteiger partial charge in [-0.3, -0.25) is 0 Å². The summed E-state index contributed by atoms with van der Waals surface area (Å²) >= 11 is 8.85. The van der Waals surface area contributed by atoms with Crippen molar-refractivity contribution in [3.63, 3.8) is 0 Å². The summed E-state index contributed by atoms with van der Waals surface area (Å²) in [5, 5.41) is -0.201. The lowest BCUT2D eigenvalue weighted by molar-refractivity contribution is 0.354. The number of halogens is 2. The molecule has 100 valence electrons. The van der Waals surface area contributed by atoms with E-state index in [1.165, 1.54) is 0 Å². The van der Waals surface area contributed by atoms with Crippen LogP contribution in [0.15, 0.2) is 42.5 Å². The Labute approximate surface area is 131 Å². The van der Waals surface area contributed by atoms with E-state index in [0.29, 0.717) is 11.5 Å². The fourth-order valence-corrected chi connectivity index (χ4v) is 3.08. The van der Waals surface area contributed by atoms with Crippen LogP contribution in [-0.2, 0) is 0 Å². The molecule has 2 nitrogen and oxygen atoms in total. The Hall–Kier alpha value is -0.940. The Bertz CT molecular complexity index is 572. The highest BCUT2D eigenvalue weighted by Crippen LogP contribution is 2.36. The van der Waals surface area contributed by atoms with Crippen molar-refractivity contribution in [2.24, 2.45) is 0 Å². The molecule has 0 bridgehead atoms. The van der Waals surface area contributed by atoms with E-state index in [1.807, 2.05) is 42.5 Å². The molecular formula is C15H14ClIO2. The molecule has 0 radical (unpaired) electrons. The third-order valence-electron chi connectivity index (χ3n) is 2.88. The number of alkyl halides is 1. The minimum Gasteiger partial charge on any atom is -0.493 e. The van der Waals surface area contributed by atoms with Gasteiger partial charge in [-0.2, -0.15) is 0 Å². The zero-order valence-corrected chi connectivity index (χ0v) is 13.6. The molecule has 0 amide bonds. The molecule has 0 fully saturated rings. The average molecular weight is 389 g/mol. The number of methoxy groups -OCH3 is 2. The van der Waals surface area contributed by atoms with Gasteiger partial charge in [0.2, 0.25) is 0 Å². The van der Waals surface area contributed by atoms with Crippen LogP contribution in [0.3, 0.4) is 0 Å². The van der Waals surface area contributed by atoms with E-state index >= 15 is 0 Å². The van der Waals surface area contributed by atoms with Crippen molar-refractivity contribution >= 4 is 34.2 Å². The summed E-state index contributed by atoms with van der Waals surface area (Å²) in [5.41, 5.74) is 2.08. The van der Waals surface area contributed by atoms with Crippen LogP contribution in [0.5, 0.6) is 11.5 Å². The van der Waals surface area contributed by atoms with E-state index in [2.05, 4.69) is 22.6 Å². The standard InChI is InChI=1S/C15H14ClIO2/c1-18-13-8-7-10(9-14(13)19-2)15(16)11-5-3-4-6-12(11)17/h3-9,15H,1-2H3. The molecular weight excluding hydrogens is 375 g/mol. The van der Waals surface area contributed by atoms with Crippen LogP contribution in [0.2, 0.25) is 0 Å². The zero-order valence-electron chi connectivity index (χ0n) is 10.7. The Morgan fingerprint density at radius 2 is 1.68 bits per heavy atom. The second kappa shape index (κ2) is 6.48. The monoisotopic (exact) mass is 388 g/mol. The van der Waals surface area contributed by atoms with Gasteiger partial charge >= 0.3 is 0 Å². The number of ether oxygens (including phenoxy) is 2. The van der Waals surface area contributed by atoms with Crippen molar-refractivity contribution in [3.8, 4) is 11.5 Å². The summed E-state index contributed by atoms with van der Waals surface area (Å²) in [6.45, 7) is 0. The lowest BCUT2D eigenvalue weighted by Crippen LogP contribution is -1.98. The van der Waals surface area contributed by atoms with Crippen molar-refractivity contribution in [2.45, 2.75) is 5.38 Å². The number of hydrogen-bond donors (Lipinski definition) is 0. The van der Waals surface area contributed by atoms with Gasteiger partial charge in [-0.1, -0.05) is 24.3 Å². The highest BCUT2D eigenvalue weighted by atomic mass is 127. The van der Waals surface area contributed by atoms with Gasteiger partial charge < -0.3 is 9.47 Å². The first-order valence-electron chi connectivity index (χ1n) is 5.77. The Morgan fingerprint density at radius 3 is 2.32 bits per heavy atom. The van der Waals surface area contributed by atoms with Crippen molar-refractivity contribution in [2.75, 3.05) is 14.2 Å². The summed E-state index contributed by atoms with van der Waals surface area (Å²) in [6, 6.07) is 13.8. The predicted molar refractivity (Wildman–Crippen MR) is 86.4 cm³/mol. The van der Waals surface area contributed by atoms with Crippen molar-refractivity contribution in [1.82, 2.24) is 0 Å². The van der Waals surface area contributed by atoms with Crippen LogP contribution in [-0.4, -0.2) is 14.2 Å². The molecule has 19 heavy (non-hydrogen) atoms. The summed E-state index contributed by atoms with van der Waals surface area (Å²) in [7, 11) is 3.24. The van der Waals surface area contributed by atoms with Gasteiger partial charge in [0, 0.05) is 3.57 Å². The Balaban J connectivity index is 2.39. The maximum atomic E-state index is 6.56. The van der Waals surface area contributed by atoms with Gasteiger partial charge in [0.15, 0.2) is 11.5 Å². The number of hydrogen-bond acceptors (Lipinski definition) is 2. The third-order valence-corrected chi connectivity index (χ3v) is 4.35. The molecule has 2 rings (SSSR count). The molecule has 0 N–H and O–H groups in total. The highest BCUT2D eigenvalue weighted by molar-refractivity contribution is 14.1. The maximum absolute atomic E-state index is 6.56.